The highest BCUT2D eigenvalue weighted by Crippen LogP contribution is 2.03. The van der Waals surface area contributed by atoms with Crippen LogP contribution in [-0.4, -0.2) is 20.1 Å². The van der Waals surface area contributed by atoms with Crippen LogP contribution < -0.4 is 11.1 Å². The minimum absolute atomic E-state index is 0.379. The fourth-order valence-electron chi connectivity index (χ4n) is 1.02. The highest BCUT2D eigenvalue weighted by Gasteiger charge is 2.03. The number of hydrogen-bond donors (Lipinski definition) is 2. The van der Waals surface area contributed by atoms with Gasteiger partial charge >= 0.3 is 0 Å². The molecule has 0 aromatic carbocycles. The van der Waals surface area contributed by atoms with Gasteiger partial charge in [0.15, 0.2) is 5.82 Å². The standard InChI is InChI=1S/C8H10N6O/c1-5-12-7(15-14-5)4-11-8-10-3-2-6(9)13-8/h2-3H,4H2,1H3,(H3,9,10,11,13). The summed E-state index contributed by atoms with van der Waals surface area (Å²) in [4.78, 5) is 12.0. The molecule has 0 aliphatic rings. The minimum atomic E-state index is 0.379. The molecule has 0 saturated carbocycles. The molecule has 7 heteroatoms. The van der Waals surface area contributed by atoms with Crippen LogP contribution in [0.3, 0.4) is 0 Å². The SMILES string of the molecule is Cc1noc(CNc2nccc(N)n2)n1. The van der Waals surface area contributed by atoms with Crippen molar-refractivity contribution in [1.29, 1.82) is 0 Å². The Kier molecular flexibility index (Phi) is 2.44. The van der Waals surface area contributed by atoms with Gasteiger partial charge in [0.25, 0.3) is 0 Å². The van der Waals surface area contributed by atoms with Gasteiger partial charge in [-0.05, 0) is 13.0 Å². The molecule has 0 atom stereocenters. The van der Waals surface area contributed by atoms with Crippen molar-refractivity contribution >= 4 is 11.8 Å². The average Bonchev–Trinajstić information content (AvgIpc) is 2.62. The maximum atomic E-state index is 5.49. The number of nitrogens with zero attached hydrogens (tertiary/aromatic N) is 4. The molecule has 0 bridgehead atoms. The molecule has 0 saturated heterocycles. The van der Waals surface area contributed by atoms with Crippen molar-refractivity contribution < 1.29 is 4.52 Å². The molecule has 78 valence electrons. The molecule has 0 spiro atoms. The Balaban J connectivity index is 1.99. The number of nitrogens with one attached hydrogen (secondary N) is 1. The predicted molar refractivity (Wildman–Crippen MR) is 52.8 cm³/mol. The third-order valence-electron chi connectivity index (χ3n) is 1.64. The predicted octanol–water partition coefficient (Wildman–Crippen LogP) is 0.362. The van der Waals surface area contributed by atoms with Gasteiger partial charge in [0.05, 0.1) is 6.54 Å². The van der Waals surface area contributed by atoms with E-state index in [1.54, 1.807) is 19.2 Å². The summed E-state index contributed by atoms with van der Waals surface area (Å²) >= 11 is 0. The summed E-state index contributed by atoms with van der Waals surface area (Å²) in [5.74, 6) is 1.93. The maximum Gasteiger partial charge on any atom is 0.246 e. The van der Waals surface area contributed by atoms with Gasteiger partial charge in [0.2, 0.25) is 11.8 Å². The van der Waals surface area contributed by atoms with E-state index in [0.29, 0.717) is 30.0 Å². The molecule has 7 nitrogen and oxygen atoms in total. The number of aromatic nitrogens is 4. The maximum absolute atomic E-state index is 5.49. The lowest BCUT2D eigenvalue weighted by Crippen LogP contribution is -2.04. The van der Waals surface area contributed by atoms with Gasteiger partial charge in [-0.2, -0.15) is 9.97 Å². The summed E-state index contributed by atoms with van der Waals surface area (Å²) in [6.45, 7) is 2.13. The molecule has 15 heavy (non-hydrogen) atoms. The minimum Gasteiger partial charge on any atom is -0.384 e. The monoisotopic (exact) mass is 206 g/mol. The van der Waals surface area contributed by atoms with Gasteiger partial charge in [-0.15, -0.1) is 0 Å². The molecule has 0 radical (unpaired) electrons. The molecule has 0 unspecified atom stereocenters. The molecule has 0 aliphatic carbocycles. The molecule has 2 heterocycles. The Morgan fingerprint density at radius 3 is 3.00 bits per heavy atom. The van der Waals surface area contributed by atoms with E-state index in [-0.39, 0.29) is 0 Å². The van der Waals surface area contributed by atoms with Gasteiger partial charge in [-0.1, -0.05) is 5.16 Å². The van der Waals surface area contributed by atoms with E-state index in [1.165, 1.54) is 0 Å². The van der Waals surface area contributed by atoms with Gasteiger partial charge in [-0.3, -0.25) is 0 Å². The molecule has 0 fully saturated rings. The number of anilines is 2. The molecular weight excluding hydrogens is 196 g/mol. The normalized spacial score (nSPS) is 10.2. The van der Waals surface area contributed by atoms with Gasteiger partial charge < -0.3 is 15.6 Å². The van der Waals surface area contributed by atoms with Crippen molar-refractivity contribution in [2.24, 2.45) is 0 Å². The highest BCUT2D eigenvalue weighted by atomic mass is 16.5. The lowest BCUT2D eigenvalue weighted by atomic mass is 10.6. The third-order valence-corrected chi connectivity index (χ3v) is 1.64. The number of nitrogens with two attached hydrogens (primary N) is 1. The number of nitrogen functional groups attached to an aromatic ring is 1. The molecule has 2 rings (SSSR count). The van der Waals surface area contributed by atoms with E-state index < -0.39 is 0 Å². The summed E-state index contributed by atoms with van der Waals surface area (Å²) in [5, 5.41) is 6.57. The quantitative estimate of drug-likeness (QED) is 0.747. The van der Waals surface area contributed by atoms with E-state index in [0.717, 1.165) is 0 Å². The van der Waals surface area contributed by atoms with E-state index in [2.05, 4.69) is 25.4 Å². The topological polar surface area (TPSA) is 103 Å². The lowest BCUT2D eigenvalue weighted by Gasteiger charge is -2.00. The molecule has 2 aromatic heterocycles. The summed E-state index contributed by atoms with van der Waals surface area (Å²) in [7, 11) is 0. The third kappa shape index (κ3) is 2.39. The summed E-state index contributed by atoms with van der Waals surface area (Å²) in [5.41, 5.74) is 5.49. The zero-order chi connectivity index (χ0) is 10.7. The summed E-state index contributed by atoms with van der Waals surface area (Å²) in [6.07, 6.45) is 1.57. The molecule has 0 amide bonds. The second-order valence-electron chi connectivity index (χ2n) is 2.89. The first kappa shape index (κ1) is 9.38. The Morgan fingerprint density at radius 1 is 1.47 bits per heavy atom. The van der Waals surface area contributed by atoms with Crippen LogP contribution in [0.4, 0.5) is 11.8 Å². The first-order valence-electron chi connectivity index (χ1n) is 4.35. The number of aryl methyl sites for hydroxylation is 1. The number of rotatable bonds is 3. The van der Waals surface area contributed by atoms with Crippen LogP contribution in [0.15, 0.2) is 16.8 Å². The van der Waals surface area contributed by atoms with Gasteiger partial charge in [0.1, 0.15) is 5.82 Å². The largest absolute Gasteiger partial charge is 0.384 e. The molecule has 2 aromatic rings. The van der Waals surface area contributed by atoms with Crippen molar-refractivity contribution in [2.75, 3.05) is 11.1 Å². The van der Waals surface area contributed by atoms with Crippen molar-refractivity contribution in [1.82, 2.24) is 20.1 Å². The van der Waals surface area contributed by atoms with Crippen molar-refractivity contribution in [3.05, 3.63) is 24.0 Å². The first-order valence-corrected chi connectivity index (χ1v) is 4.35. The lowest BCUT2D eigenvalue weighted by molar-refractivity contribution is 0.379. The zero-order valence-corrected chi connectivity index (χ0v) is 8.14. The fraction of sp³-hybridized carbons (Fsp3) is 0.250. The molecular formula is C8H10N6O. The van der Waals surface area contributed by atoms with Gasteiger partial charge in [-0.25, -0.2) is 4.98 Å². The Labute approximate surface area is 85.7 Å². The van der Waals surface area contributed by atoms with Crippen LogP contribution in [0, 0.1) is 6.92 Å². The Morgan fingerprint density at radius 2 is 2.33 bits per heavy atom. The van der Waals surface area contributed by atoms with Gasteiger partial charge in [0, 0.05) is 6.20 Å². The summed E-state index contributed by atoms with van der Waals surface area (Å²) in [6, 6.07) is 1.61. The molecule has 0 aliphatic heterocycles. The molecule has 3 N–H and O–H groups in total. The second kappa shape index (κ2) is 3.91. The second-order valence-corrected chi connectivity index (χ2v) is 2.89. The van der Waals surface area contributed by atoms with Crippen LogP contribution in [0.25, 0.3) is 0 Å². The smallest absolute Gasteiger partial charge is 0.246 e. The van der Waals surface area contributed by atoms with Crippen LogP contribution in [0.5, 0.6) is 0 Å². The van der Waals surface area contributed by atoms with Crippen LogP contribution in [-0.2, 0) is 6.54 Å². The van der Waals surface area contributed by atoms with E-state index in [4.69, 9.17) is 10.3 Å². The van der Waals surface area contributed by atoms with E-state index >= 15 is 0 Å². The van der Waals surface area contributed by atoms with Crippen LogP contribution >= 0.6 is 0 Å². The highest BCUT2D eigenvalue weighted by molar-refractivity contribution is 5.34. The number of hydrogen-bond acceptors (Lipinski definition) is 7. The summed E-state index contributed by atoms with van der Waals surface area (Å²) < 4.78 is 4.91. The van der Waals surface area contributed by atoms with Crippen molar-refractivity contribution in [3.63, 3.8) is 0 Å². The van der Waals surface area contributed by atoms with Crippen molar-refractivity contribution in [3.8, 4) is 0 Å². The van der Waals surface area contributed by atoms with Crippen LogP contribution in [0.2, 0.25) is 0 Å². The van der Waals surface area contributed by atoms with E-state index in [1.807, 2.05) is 0 Å². The average molecular weight is 206 g/mol. The van der Waals surface area contributed by atoms with E-state index in [9.17, 15) is 0 Å². The van der Waals surface area contributed by atoms with Crippen LogP contribution in [0.1, 0.15) is 11.7 Å². The Hall–Kier alpha value is -2.18. The first-order chi connectivity index (χ1) is 7.24. The zero-order valence-electron chi connectivity index (χ0n) is 8.14. The Bertz CT molecular complexity index is 454. The van der Waals surface area contributed by atoms with Crippen molar-refractivity contribution in [2.45, 2.75) is 13.5 Å². The fourth-order valence-corrected chi connectivity index (χ4v) is 1.02.